The number of hydrogen-bond acceptors (Lipinski definition) is 7. The molecule has 2 aromatic carbocycles. The molecular formula is C27H30N6O2. The van der Waals surface area contributed by atoms with Gasteiger partial charge in [-0.15, -0.1) is 0 Å². The van der Waals surface area contributed by atoms with E-state index in [1.807, 2.05) is 61.5 Å². The number of hydrogen-bond donors (Lipinski definition) is 2. The first-order valence-electron chi connectivity index (χ1n) is 12.0. The summed E-state index contributed by atoms with van der Waals surface area (Å²) in [6.45, 7) is 0.687. The average Bonchev–Trinajstić information content (AvgIpc) is 3.43. The zero-order chi connectivity index (χ0) is 24.2. The number of nitrogens with zero attached hydrogens (tertiary/aromatic N) is 4. The van der Waals surface area contributed by atoms with Gasteiger partial charge in [-0.3, -0.25) is 4.79 Å². The van der Waals surface area contributed by atoms with E-state index in [1.165, 1.54) is 6.39 Å². The lowest BCUT2D eigenvalue weighted by Gasteiger charge is -2.29. The number of oxazole rings is 1. The quantitative estimate of drug-likeness (QED) is 0.402. The van der Waals surface area contributed by atoms with Gasteiger partial charge in [0.1, 0.15) is 5.82 Å². The van der Waals surface area contributed by atoms with Crippen LogP contribution in [0, 0.1) is 5.92 Å². The van der Waals surface area contributed by atoms with E-state index in [2.05, 4.69) is 21.7 Å². The Morgan fingerprint density at radius 1 is 1.03 bits per heavy atom. The van der Waals surface area contributed by atoms with Crippen molar-refractivity contribution < 1.29 is 9.21 Å². The maximum absolute atomic E-state index is 12.6. The maximum Gasteiger partial charge on any atom is 0.251 e. The monoisotopic (exact) mass is 470 g/mol. The highest BCUT2D eigenvalue weighted by Gasteiger charge is 2.23. The summed E-state index contributed by atoms with van der Waals surface area (Å²) in [5, 5.41) is 7.70. The van der Waals surface area contributed by atoms with Crippen LogP contribution >= 0.6 is 0 Å². The molecule has 4 aromatic rings. The Morgan fingerprint density at radius 2 is 1.80 bits per heavy atom. The van der Waals surface area contributed by atoms with Crippen LogP contribution < -0.4 is 15.5 Å². The Hall–Kier alpha value is -3.94. The molecule has 8 heteroatoms. The molecule has 1 amide bonds. The predicted molar refractivity (Wildman–Crippen MR) is 138 cm³/mol. The van der Waals surface area contributed by atoms with Gasteiger partial charge in [0.05, 0.1) is 11.7 Å². The van der Waals surface area contributed by atoms with Crippen molar-refractivity contribution in [3.63, 3.8) is 0 Å². The van der Waals surface area contributed by atoms with Gasteiger partial charge >= 0.3 is 0 Å². The molecular weight excluding hydrogens is 440 g/mol. The summed E-state index contributed by atoms with van der Waals surface area (Å²) in [5.41, 5.74) is 2.49. The van der Waals surface area contributed by atoms with Crippen LogP contribution in [0.2, 0.25) is 0 Å². The van der Waals surface area contributed by atoms with Crippen molar-refractivity contribution in [2.45, 2.75) is 31.7 Å². The molecule has 2 N–H and O–H groups in total. The van der Waals surface area contributed by atoms with E-state index in [9.17, 15) is 4.79 Å². The van der Waals surface area contributed by atoms with E-state index in [1.54, 1.807) is 6.20 Å². The van der Waals surface area contributed by atoms with E-state index >= 15 is 0 Å². The summed E-state index contributed by atoms with van der Waals surface area (Å²) >= 11 is 0. The molecule has 1 fully saturated rings. The number of para-hydroxylation sites is 1. The molecule has 35 heavy (non-hydrogen) atoms. The molecule has 180 valence electrons. The predicted octanol–water partition coefficient (Wildman–Crippen LogP) is 4.75. The number of fused-ring (bicyclic) bond motifs is 1. The van der Waals surface area contributed by atoms with Crippen LogP contribution in [-0.2, 0) is 0 Å². The van der Waals surface area contributed by atoms with E-state index in [-0.39, 0.29) is 5.91 Å². The molecule has 0 spiro atoms. The third kappa shape index (κ3) is 5.26. The second-order valence-electron chi connectivity index (χ2n) is 9.30. The topological polar surface area (TPSA) is 96.2 Å². The van der Waals surface area contributed by atoms with Crippen molar-refractivity contribution in [3.8, 4) is 11.3 Å². The first-order chi connectivity index (χ1) is 17.1. The van der Waals surface area contributed by atoms with Gasteiger partial charge in [-0.1, -0.05) is 24.3 Å². The SMILES string of the molecule is CN(C)c1nc(N[C@H]2CC[C@@H](CNC(=O)c3ccc(-c4cnco4)cc3)CC2)nc2ccccc12. The van der Waals surface area contributed by atoms with Crippen molar-refractivity contribution in [3.05, 3.63) is 66.7 Å². The van der Waals surface area contributed by atoms with Crippen molar-refractivity contribution >= 4 is 28.6 Å². The molecule has 0 aliphatic heterocycles. The van der Waals surface area contributed by atoms with Gasteiger partial charge in [0.15, 0.2) is 12.2 Å². The lowest BCUT2D eigenvalue weighted by atomic mass is 9.86. The minimum atomic E-state index is -0.0462. The van der Waals surface area contributed by atoms with E-state index in [0.717, 1.165) is 48.0 Å². The lowest BCUT2D eigenvalue weighted by molar-refractivity contribution is 0.0943. The molecule has 8 nitrogen and oxygen atoms in total. The van der Waals surface area contributed by atoms with Crippen LogP contribution in [0.25, 0.3) is 22.2 Å². The number of carbonyl (C=O) groups excluding carboxylic acids is 1. The van der Waals surface area contributed by atoms with Gasteiger partial charge in [0, 0.05) is 43.2 Å². The zero-order valence-corrected chi connectivity index (χ0v) is 20.1. The molecule has 5 rings (SSSR count). The summed E-state index contributed by atoms with van der Waals surface area (Å²) in [7, 11) is 4.01. The Labute approximate surface area is 204 Å². The fourth-order valence-electron chi connectivity index (χ4n) is 4.64. The highest BCUT2D eigenvalue weighted by Crippen LogP contribution is 2.28. The zero-order valence-electron chi connectivity index (χ0n) is 20.1. The molecule has 1 aliphatic rings. The molecule has 0 saturated heterocycles. The van der Waals surface area contributed by atoms with Crippen molar-refractivity contribution in [2.75, 3.05) is 30.9 Å². The number of anilines is 2. The molecule has 0 bridgehead atoms. The summed E-state index contributed by atoms with van der Waals surface area (Å²) in [6.07, 6.45) is 7.22. The molecule has 1 saturated carbocycles. The number of aromatic nitrogens is 3. The first-order valence-corrected chi connectivity index (χ1v) is 12.0. The van der Waals surface area contributed by atoms with Gasteiger partial charge < -0.3 is 20.0 Å². The highest BCUT2D eigenvalue weighted by molar-refractivity contribution is 5.94. The van der Waals surface area contributed by atoms with Crippen molar-refractivity contribution in [1.82, 2.24) is 20.3 Å². The van der Waals surface area contributed by atoms with Crippen LogP contribution in [0.3, 0.4) is 0 Å². The second-order valence-corrected chi connectivity index (χ2v) is 9.30. The van der Waals surface area contributed by atoms with Gasteiger partial charge in [-0.25, -0.2) is 9.97 Å². The highest BCUT2D eigenvalue weighted by atomic mass is 16.3. The first kappa shape index (κ1) is 22.8. The largest absolute Gasteiger partial charge is 0.444 e. The molecule has 1 aliphatic carbocycles. The summed E-state index contributed by atoms with van der Waals surface area (Å²) < 4.78 is 5.30. The van der Waals surface area contributed by atoms with Gasteiger partial charge in [0.2, 0.25) is 5.95 Å². The Morgan fingerprint density at radius 3 is 2.51 bits per heavy atom. The molecule has 2 heterocycles. The number of nitrogens with one attached hydrogen (secondary N) is 2. The van der Waals surface area contributed by atoms with Gasteiger partial charge in [-0.2, -0.15) is 4.98 Å². The van der Waals surface area contributed by atoms with Crippen LogP contribution in [0.5, 0.6) is 0 Å². The van der Waals surface area contributed by atoms with E-state index in [0.29, 0.717) is 35.8 Å². The number of benzene rings is 2. The molecule has 0 radical (unpaired) electrons. The number of amides is 1. The lowest BCUT2D eigenvalue weighted by Crippen LogP contribution is -2.34. The Kier molecular flexibility index (Phi) is 6.61. The average molecular weight is 471 g/mol. The van der Waals surface area contributed by atoms with E-state index in [4.69, 9.17) is 14.4 Å². The number of carbonyl (C=O) groups is 1. The Balaban J connectivity index is 1.12. The molecule has 0 unspecified atom stereocenters. The summed E-state index contributed by atoms with van der Waals surface area (Å²) in [6, 6.07) is 15.8. The minimum absolute atomic E-state index is 0.0462. The third-order valence-electron chi connectivity index (χ3n) is 6.60. The summed E-state index contributed by atoms with van der Waals surface area (Å²) in [5.74, 6) is 2.71. The van der Waals surface area contributed by atoms with Crippen molar-refractivity contribution in [2.24, 2.45) is 5.92 Å². The molecule has 0 atom stereocenters. The Bertz CT molecular complexity index is 1280. The van der Waals surface area contributed by atoms with Gasteiger partial charge in [0.25, 0.3) is 5.91 Å². The van der Waals surface area contributed by atoms with Gasteiger partial charge in [-0.05, 0) is 55.9 Å². The maximum atomic E-state index is 12.6. The van der Waals surface area contributed by atoms with Crippen LogP contribution in [-0.4, -0.2) is 47.5 Å². The van der Waals surface area contributed by atoms with E-state index < -0.39 is 0 Å². The third-order valence-corrected chi connectivity index (χ3v) is 6.60. The normalized spacial score (nSPS) is 17.8. The number of rotatable bonds is 7. The fraction of sp³-hybridized carbons (Fsp3) is 0.333. The molecule has 2 aromatic heterocycles. The minimum Gasteiger partial charge on any atom is -0.444 e. The van der Waals surface area contributed by atoms with Crippen molar-refractivity contribution in [1.29, 1.82) is 0 Å². The van der Waals surface area contributed by atoms with Crippen LogP contribution in [0.4, 0.5) is 11.8 Å². The fourth-order valence-corrected chi connectivity index (χ4v) is 4.64. The standard InChI is InChI=1S/C27H30N6O2/c1-33(2)25-22-5-3-4-6-23(22)31-27(32-25)30-21-13-7-18(8-14-21)15-29-26(34)20-11-9-19(10-12-20)24-16-28-17-35-24/h3-6,9-12,16-18,21H,7-8,13-15H2,1-2H3,(H,29,34)(H,30,31,32)/t18-,21+. The second kappa shape index (κ2) is 10.1. The van der Waals surface area contributed by atoms with Crippen LogP contribution in [0.15, 0.2) is 65.5 Å². The summed E-state index contributed by atoms with van der Waals surface area (Å²) in [4.78, 5) is 28.1. The van der Waals surface area contributed by atoms with Crippen LogP contribution in [0.1, 0.15) is 36.0 Å². The smallest absolute Gasteiger partial charge is 0.251 e.